The van der Waals surface area contributed by atoms with Crippen LogP contribution in [0.4, 0.5) is 0 Å². The van der Waals surface area contributed by atoms with Gasteiger partial charge in [-0.15, -0.1) is 0 Å². The standard InChI is InChI=1S/C14H18BrNOS/c1-18-14(5-6-14)9-16-12-4-7-17-13-3-2-10(15)8-11(12)13/h2-3,8,12,16H,4-7,9H2,1H3. The smallest absolute Gasteiger partial charge is 0.124 e. The van der Waals surface area contributed by atoms with Crippen molar-refractivity contribution in [1.29, 1.82) is 0 Å². The molecule has 98 valence electrons. The molecule has 2 aliphatic rings. The molecule has 2 nitrogen and oxygen atoms in total. The second kappa shape index (κ2) is 5.06. The SMILES string of the molecule is CSC1(CNC2CCOc3ccc(Br)cc32)CC1. The van der Waals surface area contributed by atoms with Gasteiger partial charge < -0.3 is 10.1 Å². The molecule has 1 unspecified atom stereocenters. The molecule has 1 aliphatic carbocycles. The van der Waals surface area contributed by atoms with Crippen molar-refractivity contribution >= 4 is 27.7 Å². The van der Waals surface area contributed by atoms with E-state index in [4.69, 9.17) is 4.74 Å². The van der Waals surface area contributed by atoms with E-state index in [9.17, 15) is 0 Å². The van der Waals surface area contributed by atoms with Crippen LogP contribution in [0.3, 0.4) is 0 Å². The van der Waals surface area contributed by atoms with E-state index in [-0.39, 0.29) is 0 Å². The number of ether oxygens (including phenoxy) is 1. The molecular weight excluding hydrogens is 310 g/mol. The van der Waals surface area contributed by atoms with Crippen molar-refractivity contribution < 1.29 is 4.74 Å². The Labute approximate surface area is 121 Å². The summed E-state index contributed by atoms with van der Waals surface area (Å²) in [5, 5.41) is 3.74. The summed E-state index contributed by atoms with van der Waals surface area (Å²) in [7, 11) is 0. The van der Waals surface area contributed by atoms with Gasteiger partial charge in [0.25, 0.3) is 0 Å². The maximum atomic E-state index is 5.72. The van der Waals surface area contributed by atoms with Crippen LogP contribution in [0.15, 0.2) is 22.7 Å². The molecule has 0 radical (unpaired) electrons. The summed E-state index contributed by atoms with van der Waals surface area (Å²) in [6, 6.07) is 6.74. The highest BCUT2D eigenvalue weighted by atomic mass is 79.9. The first kappa shape index (κ1) is 12.8. The molecule has 18 heavy (non-hydrogen) atoms. The molecule has 0 bridgehead atoms. The molecule has 0 spiro atoms. The summed E-state index contributed by atoms with van der Waals surface area (Å²) in [6.45, 7) is 1.93. The Morgan fingerprint density at radius 1 is 1.50 bits per heavy atom. The summed E-state index contributed by atoms with van der Waals surface area (Å²) in [4.78, 5) is 0. The highest BCUT2D eigenvalue weighted by molar-refractivity contribution is 9.10. The molecular formula is C14H18BrNOS. The molecule has 1 aliphatic heterocycles. The number of fused-ring (bicyclic) bond motifs is 1. The average molecular weight is 328 g/mol. The molecule has 1 aromatic carbocycles. The number of hydrogen-bond donors (Lipinski definition) is 1. The second-order valence-corrected chi connectivity index (χ2v) is 7.33. The molecule has 0 saturated heterocycles. The summed E-state index contributed by atoms with van der Waals surface area (Å²) in [5.41, 5.74) is 1.30. The molecule has 1 fully saturated rings. The van der Waals surface area contributed by atoms with Gasteiger partial charge in [0.1, 0.15) is 5.75 Å². The largest absolute Gasteiger partial charge is 0.493 e. The van der Waals surface area contributed by atoms with Crippen molar-refractivity contribution in [3.8, 4) is 5.75 Å². The van der Waals surface area contributed by atoms with Crippen LogP contribution in [0.25, 0.3) is 0 Å². The average Bonchev–Trinajstić information content (AvgIpc) is 3.17. The lowest BCUT2D eigenvalue weighted by Crippen LogP contribution is -2.33. The van der Waals surface area contributed by atoms with Crippen molar-refractivity contribution in [2.75, 3.05) is 19.4 Å². The van der Waals surface area contributed by atoms with Crippen LogP contribution in [0, 0.1) is 0 Å². The van der Waals surface area contributed by atoms with E-state index in [0.717, 1.165) is 29.8 Å². The fraction of sp³-hybridized carbons (Fsp3) is 0.571. The highest BCUT2D eigenvalue weighted by Gasteiger charge is 2.42. The van der Waals surface area contributed by atoms with E-state index in [2.05, 4.69) is 39.6 Å². The van der Waals surface area contributed by atoms with Gasteiger partial charge in [0.15, 0.2) is 0 Å². The summed E-state index contributed by atoms with van der Waals surface area (Å²) in [5.74, 6) is 1.04. The Bertz CT molecular complexity index is 447. The predicted molar refractivity (Wildman–Crippen MR) is 80.5 cm³/mol. The van der Waals surface area contributed by atoms with Gasteiger partial charge in [0.05, 0.1) is 6.61 Å². The van der Waals surface area contributed by atoms with E-state index in [1.807, 2.05) is 17.8 Å². The van der Waals surface area contributed by atoms with Crippen molar-refractivity contribution in [3.63, 3.8) is 0 Å². The molecule has 1 aromatic rings. The molecule has 0 amide bonds. The van der Waals surface area contributed by atoms with E-state index in [1.165, 1.54) is 18.4 Å². The van der Waals surface area contributed by atoms with Gasteiger partial charge in [-0.1, -0.05) is 15.9 Å². The maximum absolute atomic E-state index is 5.72. The van der Waals surface area contributed by atoms with Gasteiger partial charge in [-0.3, -0.25) is 0 Å². The van der Waals surface area contributed by atoms with Crippen LogP contribution in [-0.2, 0) is 0 Å². The van der Waals surface area contributed by atoms with Crippen LogP contribution < -0.4 is 10.1 Å². The molecule has 1 saturated carbocycles. The summed E-state index contributed by atoms with van der Waals surface area (Å²) in [6.07, 6.45) is 6.00. The van der Waals surface area contributed by atoms with E-state index in [1.54, 1.807) is 0 Å². The lowest BCUT2D eigenvalue weighted by atomic mass is 10.0. The van der Waals surface area contributed by atoms with Gasteiger partial charge in [-0.2, -0.15) is 11.8 Å². The van der Waals surface area contributed by atoms with Gasteiger partial charge in [0.2, 0.25) is 0 Å². The zero-order valence-electron chi connectivity index (χ0n) is 10.5. The number of hydrogen-bond acceptors (Lipinski definition) is 3. The topological polar surface area (TPSA) is 21.3 Å². The first-order valence-electron chi connectivity index (χ1n) is 6.43. The first-order chi connectivity index (χ1) is 8.72. The number of nitrogens with one attached hydrogen (secondary N) is 1. The maximum Gasteiger partial charge on any atom is 0.124 e. The molecule has 1 atom stereocenters. The molecule has 1 N–H and O–H groups in total. The zero-order chi connectivity index (χ0) is 12.6. The Morgan fingerprint density at radius 3 is 3.06 bits per heavy atom. The van der Waals surface area contributed by atoms with Crippen LogP contribution in [-0.4, -0.2) is 24.2 Å². The van der Waals surface area contributed by atoms with Crippen molar-refractivity contribution in [3.05, 3.63) is 28.2 Å². The van der Waals surface area contributed by atoms with Gasteiger partial charge in [-0.05, 0) is 37.3 Å². The Kier molecular flexibility index (Phi) is 3.61. The van der Waals surface area contributed by atoms with E-state index in [0.29, 0.717) is 10.8 Å². The summed E-state index contributed by atoms with van der Waals surface area (Å²) >= 11 is 5.56. The minimum Gasteiger partial charge on any atom is -0.493 e. The van der Waals surface area contributed by atoms with Crippen LogP contribution in [0.1, 0.15) is 30.9 Å². The Morgan fingerprint density at radius 2 is 2.33 bits per heavy atom. The monoisotopic (exact) mass is 327 g/mol. The Hall–Kier alpha value is -0.190. The van der Waals surface area contributed by atoms with Crippen LogP contribution in [0.2, 0.25) is 0 Å². The fourth-order valence-corrected chi connectivity index (χ4v) is 3.60. The molecule has 0 aromatic heterocycles. The summed E-state index contributed by atoms with van der Waals surface area (Å²) < 4.78 is 7.36. The van der Waals surface area contributed by atoms with Crippen molar-refractivity contribution in [1.82, 2.24) is 5.32 Å². The molecule has 4 heteroatoms. The minimum absolute atomic E-state index is 0.441. The fourth-order valence-electron chi connectivity index (χ4n) is 2.48. The van der Waals surface area contributed by atoms with Gasteiger partial charge in [-0.25, -0.2) is 0 Å². The number of benzene rings is 1. The van der Waals surface area contributed by atoms with Crippen molar-refractivity contribution in [2.24, 2.45) is 0 Å². The molecule has 3 rings (SSSR count). The number of thioether (sulfide) groups is 1. The lowest BCUT2D eigenvalue weighted by molar-refractivity contribution is 0.252. The zero-order valence-corrected chi connectivity index (χ0v) is 12.9. The van der Waals surface area contributed by atoms with Gasteiger partial charge in [0, 0.05) is 33.8 Å². The third-order valence-corrected chi connectivity index (χ3v) is 5.83. The van der Waals surface area contributed by atoms with E-state index < -0.39 is 0 Å². The third-order valence-electron chi connectivity index (χ3n) is 3.92. The number of halogens is 1. The van der Waals surface area contributed by atoms with Gasteiger partial charge >= 0.3 is 0 Å². The predicted octanol–water partition coefficient (Wildman–Crippen LogP) is 3.76. The van der Waals surface area contributed by atoms with Crippen LogP contribution >= 0.6 is 27.7 Å². The minimum atomic E-state index is 0.441. The third kappa shape index (κ3) is 2.56. The van der Waals surface area contributed by atoms with Crippen molar-refractivity contribution in [2.45, 2.75) is 30.1 Å². The lowest BCUT2D eigenvalue weighted by Gasteiger charge is -2.28. The van der Waals surface area contributed by atoms with Crippen LogP contribution in [0.5, 0.6) is 5.75 Å². The van der Waals surface area contributed by atoms with E-state index >= 15 is 0 Å². The first-order valence-corrected chi connectivity index (χ1v) is 8.45. The highest BCUT2D eigenvalue weighted by Crippen LogP contribution is 2.47. The normalized spacial score (nSPS) is 24.2. The number of rotatable bonds is 4. The molecule has 1 heterocycles. The Balaban J connectivity index is 1.72. The quantitative estimate of drug-likeness (QED) is 0.909. The second-order valence-electron chi connectivity index (χ2n) is 5.14.